The van der Waals surface area contributed by atoms with Gasteiger partial charge < -0.3 is 9.47 Å². The highest BCUT2D eigenvalue weighted by molar-refractivity contribution is 6.16. The summed E-state index contributed by atoms with van der Waals surface area (Å²) in [5.74, 6) is 1.57. The Labute approximate surface area is 105 Å². The first-order valence-corrected chi connectivity index (χ1v) is 6.16. The van der Waals surface area contributed by atoms with Crippen molar-refractivity contribution >= 4 is 17.3 Å². The van der Waals surface area contributed by atoms with Crippen LogP contribution in [0.5, 0.6) is 0 Å². The van der Waals surface area contributed by atoms with Gasteiger partial charge >= 0.3 is 0 Å². The van der Waals surface area contributed by atoms with E-state index in [-0.39, 0.29) is 0 Å². The minimum atomic E-state index is 0.455. The Bertz CT molecular complexity index is 523. The van der Waals surface area contributed by atoms with Crippen molar-refractivity contribution in [3.8, 4) is 0 Å². The van der Waals surface area contributed by atoms with Gasteiger partial charge in [0.05, 0.1) is 18.1 Å². The van der Waals surface area contributed by atoms with Crippen LogP contribution in [0, 0.1) is 0 Å². The average Bonchev–Trinajstić information content (AvgIpc) is 2.86. The topological polar surface area (TPSA) is 34.0 Å². The monoisotopic (exact) mass is 248 g/mol. The maximum Gasteiger partial charge on any atom is 0.128 e. The minimum Gasteiger partial charge on any atom is -0.362 e. The summed E-state index contributed by atoms with van der Waals surface area (Å²) in [5, 5.41) is 0. The highest BCUT2D eigenvalue weighted by atomic mass is 35.5. The number of hydrogen-bond donors (Lipinski definition) is 0. The molecular weight excluding hydrogens is 236 g/mol. The summed E-state index contributed by atoms with van der Waals surface area (Å²) < 4.78 is 2.19. The molecule has 3 heterocycles. The fourth-order valence-electron chi connectivity index (χ4n) is 2.13. The number of hydrogen-bond acceptors (Lipinski definition) is 3. The van der Waals surface area contributed by atoms with Gasteiger partial charge in [-0.3, -0.25) is 4.98 Å². The molecule has 1 aliphatic heterocycles. The Morgan fingerprint density at radius 3 is 3.06 bits per heavy atom. The predicted molar refractivity (Wildman–Crippen MR) is 67.1 cm³/mol. The first-order valence-electron chi connectivity index (χ1n) is 5.62. The Morgan fingerprint density at radius 2 is 2.18 bits per heavy atom. The van der Waals surface area contributed by atoms with Gasteiger partial charge in [-0.2, -0.15) is 0 Å². The third-order valence-electron chi connectivity index (χ3n) is 3.05. The van der Waals surface area contributed by atoms with E-state index in [1.165, 1.54) is 5.69 Å². The lowest BCUT2D eigenvalue weighted by molar-refractivity contribution is 0.560. The molecule has 0 atom stereocenters. The highest BCUT2D eigenvalue weighted by Gasteiger charge is 2.16. The molecule has 0 aromatic carbocycles. The molecule has 5 heteroatoms. The quantitative estimate of drug-likeness (QED) is 0.763. The summed E-state index contributed by atoms with van der Waals surface area (Å²) in [6.07, 6.45) is 5.70. The molecule has 0 unspecified atom stereocenters. The number of nitrogens with zero attached hydrogens (tertiary/aromatic N) is 4. The van der Waals surface area contributed by atoms with Crippen molar-refractivity contribution in [1.29, 1.82) is 0 Å². The lowest BCUT2D eigenvalue weighted by Gasteiger charge is -2.29. The molecule has 1 aliphatic rings. The van der Waals surface area contributed by atoms with E-state index in [2.05, 4.69) is 19.4 Å². The first-order chi connectivity index (χ1) is 8.36. The second kappa shape index (κ2) is 4.37. The predicted octanol–water partition coefficient (Wildman–Crippen LogP) is 2.04. The Morgan fingerprint density at radius 1 is 1.24 bits per heavy atom. The van der Waals surface area contributed by atoms with Crippen LogP contribution in [0.2, 0.25) is 0 Å². The van der Waals surface area contributed by atoms with Crippen LogP contribution < -0.4 is 4.90 Å². The van der Waals surface area contributed by atoms with Crippen molar-refractivity contribution in [2.75, 3.05) is 11.4 Å². The van der Waals surface area contributed by atoms with E-state index in [0.717, 1.165) is 31.2 Å². The number of imidazole rings is 1. The number of fused-ring (bicyclic) bond motifs is 1. The second-order valence-corrected chi connectivity index (χ2v) is 4.36. The van der Waals surface area contributed by atoms with Gasteiger partial charge in [-0.05, 0) is 12.1 Å². The van der Waals surface area contributed by atoms with Crippen molar-refractivity contribution in [3.63, 3.8) is 0 Å². The molecule has 0 saturated carbocycles. The number of aromatic nitrogens is 3. The molecule has 2 aromatic rings. The zero-order valence-corrected chi connectivity index (χ0v) is 10.1. The van der Waals surface area contributed by atoms with E-state index in [9.17, 15) is 0 Å². The van der Waals surface area contributed by atoms with E-state index in [1.807, 2.05) is 30.7 Å². The zero-order valence-electron chi connectivity index (χ0n) is 9.38. The van der Waals surface area contributed by atoms with Crippen LogP contribution in [-0.4, -0.2) is 21.1 Å². The normalized spacial score (nSPS) is 14.8. The smallest absolute Gasteiger partial charge is 0.128 e. The fourth-order valence-corrected chi connectivity index (χ4v) is 2.28. The van der Waals surface area contributed by atoms with Gasteiger partial charge in [-0.15, -0.1) is 11.6 Å². The molecule has 0 saturated heterocycles. The summed E-state index contributed by atoms with van der Waals surface area (Å²) in [4.78, 5) is 10.9. The van der Waals surface area contributed by atoms with Crippen molar-refractivity contribution in [2.45, 2.75) is 19.0 Å². The largest absolute Gasteiger partial charge is 0.362 e. The average molecular weight is 249 g/mol. The minimum absolute atomic E-state index is 0.455. The van der Waals surface area contributed by atoms with Crippen molar-refractivity contribution in [3.05, 3.63) is 42.2 Å². The van der Waals surface area contributed by atoms with Crippen molar-refractivity contribution in [1.82, 2.24) is 14.5 Å². The van der Waals surface area contributed by atoms with E-state index >= 15 is 0 Å². The molecule has 0 spiro atoms. The van der Waals surface area contributed by atoms with Crippen LogP contribution >= 0.6 is 11.6 Å². The fraction of sp³-hybridized carbons (Fsp3) is 0.333. The van der Waals surface area contributed by atoms with Crippen molar-refractivity contribution in [2.24, 2.45) is 0 Å². The molecule has 4 nitrogen and oxygen atoms in total. The molecule has 0 bridgehead atoms. The number of anilines is 1. The molecule has 0 amide bonds. The van der Waals surface area contributed by atoms with E-state index in [0.29, 0.717) is 5.88 Å². The Kier molecular flexibility index (Phi) is 2.73. The second-order valence-electron chi connectivity index (χ2n) is 4.10. The van der Waals surface area contributed by atoms with Crippen LogP contribution in [0.25, 0.3) is 0 Å². The maximum atomic E-state index is 5.80. The van der Waals surface area contributed by atoms with Crippen molar-refractivity contribution < 1.29 is 0 Å². The van der Waals surface area contributed by atoms with Gasteiger partial charge in [-0.25, -0.2) is 4.98 Å². The van der Waals surface area contributed by atoms with Crippen LogP contribution in [0.1, 0.15) is 11.5 Å². The summed E-state index contributed by atoms with van der Waals surface area (Å²) in [6.45, 7) is 2.82. The Balaban J connectivity index is 1.86. The lowest BCUT2D eigenvalue weighted by Crippen LogP contribution is -2.33. The molecule has 0 fully saturated rings. The highest BCUT2D eigenvalue weighted by Crippen LogP contribution is 2.20. The number of pyridine rings is 1. The summed E-state index contributed by atoms with van der Waals surface area (Å²) in [7, 11) is 0. The number of halogens is 1. The molecule has 0 aliphatic carbocycles. The van der Waals surface area contributed by atoms with Gasteiger partial charge in [0.2, 0.25) is 0 Å². The molecular formula is C12H13ClN4. The maximum absolute atomic E-state index is 5.80. The van der Waals surface area contributed by atoms with E-state index < -0.39 is 0 Å². The van der Waals surface area contributed by atoms with Gasteiger partial charge in [0, 0.05) is 37.4 Å². The Hall–Kier alpha value is -1.55. The summed E-state index contributed by atoms with van der Waals surface area (Å²) >= 11 is 5.80. The third kappa shape index (κ3) is 2.00. The first kappa shape index (κ1) is 10.6. The van der Waals surface area contributed by atoms with Gasteiger partial charge in [0.25, 0.3) is 0 Å². The van der Waals surface area contributed by atoms with Crippen LogP contribution in [0.3, 0.4) is 0 Å². The lowest BCUT2D eigenvalue weighted by atomic mass is 10.2. The number of rotatable bonds is 2. The molecule has 3 rings (SSSR count). The number of alkyl halides is 1. The SMILES string of the molecule is ClCc1cc(N2CCn3ccnc3C2)ccn1. The molecule has 0 N–H and O–H groups in total. The van der Waals surface area contributed by atoms with Crippen LogP contribution in [0.15, 0.2) is 30.7 Å². The molecule has 88 valence electrons. The molecule has 17 heavy (non-hydrogen) atoms. The van der Waals surface area contributed by atoms with Gasteiger partial charge in [0.15, 0.2) is 0 Å². The van der Waals surface area contributed by atoms with Crippen LogP contribution in [-0.2, 0) is 19.0 Å². The van der Waals surface area contributed by atoms with E-state index in [1.54, 1.807) is 0 Å². The molecule has 2 aromatic heterocycles. The van der Waals surface area contributed by atoms with Gasteiger partial charge in [0.1, 0.15) is 5.82 Å². The molecule has 0 radical (unpaired) electrons. The van der Waals surface area contributed by atoms with E-state index in [4.69, 9.17) is 11.6 Å². The van der Waals surface area contributed by atoms with Gasteiger partial charge in [-0.1, -0.05) is 0 Å². The standard InChI is InChI=1S/C12H13ClN4/c13-8-10-7-11(1-2-14-10)17-6-5-16-4-3-15-12(16)9-17/h1-4,7H,5-6,8-9H2. The summed E-state index contributed by atoms with van der Waals surface area (Å²) in [5.41, 5.74) is 2.09. The summed E-state index contributed by atoms with van der Waals surface area (Å²) in [6, 6.07) is 4.07. The third-order valence-corrected chi connectivity index (χ3v) is 3.32. The van der Waals surface area contributed by atoms with Crippen LogP contribution in [0.4, 0.5) is 5.69 Å². The zero-order chi connectivity index (χ0) is 11.7.